The predicted octanol–water partition coefficient (Wildman–Crippen LogP) is 1.58. The van der Waals surface area contributed by atoms with Gasteiger partial charge in [0.15, 0.2) is 0 Å². The molecule has 3 nitrogen and oxygen atoms in total. The Morgan fingerprint density at radius 3 is 2.69 bits per heavy atom. The molecule has 1 atom stereocenters. The van der Waals surface area contributed by atoms with E-state index in [0.29, 0.717) is 5.56 Å². The molecule has 0 radical (unpaired) electrons. The van der Waals surface area contributed by atoms with Crippen LogP contribution in [0.3, 0.4) is 0 Å². The molecule has 16 heavy (non-hydrogen) atoms. The van der Waals surface area contributed by atoms with E-state index in [4.69, 9.17) is 5.11 Å². The number of hydrogen-bond donors (Lipinski definition) is 2. The Kier molecular flexibility index (Phi) is 4.26. The van der Waals surface area contributed by atoms with Crippen LogP contribution in [0, 0.1) is 6.92 Å². The van der Waals surface area contributed by atoms with Crippen LogP contribution in [-0.4, -0.2) is 29.4 Å². The normalized spacial score (nSPS) is 13.8. The van der Waals surface area contributed by atoms with E-state index in [-0.39, 0.29) is 0 Å². The first-order valence-corrected chi connectivity index (χ1v) is 4.75. The second-order valence-corrected chi connectivity index (χ2v) is 3.46. The summed E-state index contributed by atoms with van der Waals surface area (Å²) in [7, 11) is 0. The first kappa shape index (κ1) is 12.9. The van der Waals surface area contributed by atoms with Crippen LogP contribution >= 0.6 is 0 Å². The van der Waals surface area contributed by atoms with Gasteiger partial charge in [-0.25, -0.2) is 0 Å². The number of nitrogens with zero attached hydrogens (tertiary/aromatic N) is 1. The lowest BCUT2D eigenvalue weighted by atomic mass is 10.0. The van der Waals surface area contributed by atoms with Crippen molar-refractivity contribution in [2.75, 3.05) is 13.2 Å². The molecule has 0 aliphatic carbocycles. The summed E-state index contributed by atoms with van der Waals surface area (Å²) in [6.45, 7) is 0.226. The van der Waals surface area contributed by atoms with Gasteiger partial charge in [0.05, 0.1) is 19.2 Å². The molecular weight excluding hydrogens is 221 g/mol. The van der Waals surface area contributed by atoms with Crippen molar-refractivity contribution in [1.82, 2.24) is 10.3 Å². The maximum absolute atomic E-state index is 12.0. The van der Waals surface area contributed by atoms with Crippen LogP contribution in [0.5, 0.6) is 0 Å². The van der Waals surface area contributed by atoms with Crippen molar-refractivity contribution in [3.8, 4) is 0 Å². The molecule has 0 amide bonds. The molecule has 0 aliphatic rings. The van der Waals surface area contributed by atoms with E-state index in [9.17, 15) is 13.2 Å². The Balaban J connectivity index is 2.72. The third-order valence-electron chi connectivity index (χ3n) is 2.19. The monoisotopic (exact) mass is 234 g/mol. The first-order valence-electron chi connectivity index (χ1n) is 4.75. The number of halogens is 3. The summed E-state index contributed by atoms with van der Waals surface area (Å²) in [5, 5.41) is 11.3. The average molecular weight is 234 g/mol. The van der Waals surface area contributed by atoms with Crippen LogP contribution in [0.25, 0.3) is 0 Å². The number of nitrogens with one attached hydrogen (secondary N) is 1. The molecule has 0 saturated carbocycles. The number of aryl methyl sites for hydroxylation is 1. The summed E-state index contributed by atoms with van der Waals surface area (Å²) < 4.78 is 36.0. The molecule has 0 spiro atoms. The van der Waals surface area contributed by atoms with Crippen molar-refractivity contribution < 1.29 is 18.3 Å². The van der Waals surface area contributed by atoms with Gasteiger partial charge >= 0.3 is 6.18 Å². The quantitative estimate of drug-likeness (QED) is 0.831. The highest BCUT2D eigenvalue weighted by Gasteiger charge is 2.28. The lowest BCUT2D eigenvalue weighted by Crippen LogP contribution is -2.34. The van der Waals surface area contributed by atoms with Gasteiger partial charge in [0.1, 0.15) is 0 Å². The molecule has 0 fully saturated rings. The van der Waals surface area contributed by atoms with E-state index >= 15 is 0 Å². The zero-order chi connectivity index (χ0) is 12.2. The molecule has 90 valence electrons. The fourth-order valence-corrected chi connectivity index (χ4v) is 1.35. The molecule has 0 saturated heterocycles. The lowest BCUT2D eigenvalue weighted by Gasteiger charge is -2.19. The molecule has 2 N–H and O–H groups in total. The molecule has 1 aromatic heterocycles. The van der Waals surface area contributed by atoms with Gasteiger partial charge in [0.25, 0.3) is 0 Å². The number of pyridine rings is 1. The van der Waals surface area contributed by atoms with Crippen molar-refractivity contribution in [1.29, 1.82) is 0 Å². The van der Waals surface area contributed by atoms with Crippen molar-refractivity contribution in [2.45, 2.75) is 19.1 Å². The Bertz CT molecular complexity index is 341. The van der Waals surface area contributed by atoms with Crippen LogP contribution < -0.4 is 5.32 Å². The average Bonchev–Trinajstić information content (AvgIpc) is 2.20. The van der Waals surface area contributed by atoms with Crippen molar-refractivity contribution >= 4 is 0 Å². The third kappa shape index (κ3) is 3.79. The molecule has 0 bridgehead atoms. The largest absolute Gasteiger partial charge is 0.401 e. The first-order chi connectivity index (χ1) is 7.44. The minimum Gasteiger partial charge on any atom is -0.394 e. The minimum atomic E-state index is -4.29. The van der Waals surface area contributed by atoms with E-state index < -0.39 is 25.4 Å². The summed E-state index contributed by atoms with van der Waals surface area (Å²) in [4.78, 5) is 3.83. The van der Waals surface area contributed by atoms with Gasteiger partial charge in [-0.05, 0) is 24.1 Å². The van der Waals surface area contributed by atoms with Gasteiger partial charge in [-0.3, -0.25) is 10.3 Å². The SMILES string of the molecule is Cc1ccncc1C(CO)NCC(F)(F)F. The van der Waals surface area contributed by atoms with E-state index in [1.165, 1.54) is 6.20 Å². The number of alkyl halides is 3. The maximum atomic E-state index is 12.0. The summed E-state index contributed by atoms with van der Waals surface area (Å²) in [6, 6.07) is 0.947. The molecule has 6 heteroatoms. The zero-order valence-corrected chi connectivity index (χ0v) is 8.75. The Morgan fingerprint density at radius 1 is 1.50 bits per heavy atom. The summed E-state index contributed by atoms with van der Waals surface area (Å²) in [5.41, 5.74) is 1.37. The highest BCUT2D eigenvalue weighted by molar-refractivity contribution is 5.25. The van der Waals surface area contributed by atoms with Gasteiger partial charge in [0, 0.05) is 12.4 Å². The summed E-state index contributed by atoms with van der Waals surface area (Å²) in [6.07, 6.45) is -1.28. The van der Waals surface area contributed by atoms with Crippen molar-refractivity contribution in [3.63, 3.8) is 0 Å². The Hall–Kier alpha value is -1.14. The second-order valence-electron chi connectivity index (χ2n) is 3.46. The lowest BCUT2D eigenvalue weighted by molar-refractivity contribution is -0.126. The fourth-order valence-electron chi connectivity index (χ4n) is 1.35. The van der Waals surface area contributed by atoms with Crippen LogP contribution in [0.15, 0.2) is 18.5 Å². The Morgan fingerprint density at radius 2 is 2.19 bits per heavy atom. The number of rotatable bonds is 4. The highest BCUT2D eigenvalue weighted by atomic mass is 19.4. The van der Waals surface area contributed by atoms with Gasteiger partial charge in [-0.1, -0.05) is 0 Å². The van der Waals surface area contributed by atoms with Crippen LogP contribution in [0.4, 0.5) is 13.2 Å². The summed E-state index contributed by atoms with van der Waals surface area (Å²) in [5.74, 6) is 0. The van der Waals surface area contributed by atoms with Gasteiger partial charge in [-0.2, -0.15) is 13.2 Å². The number of aliphatic hydroxyl groups is 1. The van der Waals surface area contributed by atoms with Crippen LogP contribution in [0.1, 0.15) is 17.2 Å². The zero-order valence-electron chi connectivity index (χ0n) is 8.75. The molecule has 1 heterocycles. The number of hydrogen-bond acceptors (Lipinski definition) is 3. The van der Waals surface area contributed by atoms with Crippen molar-refractivity contribution in [3.05, 3.63) is 29.6 Å². The smallest absolute Gasteiger partial charge is 0.394 e. The van der Waals surface area contributed by atoms with Gasteiger partial charge in [0.2, 0.25) is 0 Å². The summed E-state index contributed by atoms with van der Waals surface area (Å²) >= 11 is 0. The molecule has 0 aliphatic heterocycles. The third-order valence-corrected chi connectivity index (χ3v) is 2.19. The standard InChI is InChI=1S/C10H13F3N2O/c1-7-2-3-14-4-8(7)9(5-16)15-6-10(11,12)13/h2-4,9,15-16H,5-6H2,1H3. The number of aliphatic hydroxyl groups excluding tert-OH is 1. The van der Waals surface area contributed by atoms with E-state index in [0.717, 1.165) is 5.56 Å². The highest BCUT2D eigenvalue weighted by Crippen LogP contribution is 2.18. The fraction of sp³-hybridized carbons (Fsp3) is 0.500. The van der Waals surface area contributed by atoms with Crippen molar-refractivity contribution in [2.24, 2.45) is 0 Å². The molecule has 1 rings (SSSR count). The minimum absolute atomic E-state index is 0.400. The molecule has 0 aromatic carbocycles. The van der Waals surface area contributed by atoms with E-state index in [2.05, 4.69) is 10.3 Å². The maximum Gasteiger partial charge on any atom is 0.401 e. The van der Waals surface area contributed by atoms with E-state index in [1.807, 2.05) is 0 Å². The molecule has 1 unspecified atom stereocenters. The molecule has 1 aromatic rings. The van der Waals surface area contributed by atoms with Crippen LogP contribution in [-0.2, 0) is 0 Å². The van der Waals surface area contributed by atoms with E-state index in [1.54, 1.807) is 19.2 Å². The van der Waals surface area contributed by atoms with Gasteiger partial charge in [-0.15, -0.1) is 0 Å². The van der Waals surface area contributed by atoms with Crippen LogP contribution in [0.2, 0.25) is 0 Å². The topological polar surface area (TPSA) is 45.2 Å². The predicted molar refractivity (Wildman–Crippen MR) is 52.9 cm³/mol. The number of aromatic nitrogens is 1. The second kappa shape index (κ2) is 5.27. The Labute approximate surface area is 91.3 Å². The molecular formula is C10H13F3N2O. The van der Waals surface area contributed by atoms with Gasteiger partial charge < -0.3 is 5.11 Å².